The van der Waals surface area contributed by atoms with Crippen LogP contribution >= 0.6 is 15.9 Å². The van der Waals surface area contributed by atoms with Gasteiger partial charge >= 0.3 is 0 Å². The zero-order chi connectivity index (χ0) is 17.6. The van der Waals surface area contributed by atoms with E-state index in [1.807, 2.05) is 36.4 Å². The number of benzene rings is 2. The van der Waals surface area contributed by atoms with Crippen LogP contribution in [0.15, 0.2) is 71.3 Å². The van der Waals surface area contributed by atoms with Crippen molar-refractivity contribution in [1.82, 2.24) is 4.98 Å². The molecule has 0 radical (unpaired) electrons. The average Bonchev–Trinajstić information content (AvgIpc) is 2.64. The lowest BCUT2D eigenvalue weighted by atomic mass is 10.2. The van der Waals surface area contributed by atoms with Gasteiger partial charge in [-0.25, -0.2) is 4.98 Å². The molecule has 0 saturated carbocycles. The second-order valence-corrected chi connectivity index (χ2v) is 6.01. The Morgan fingerprint density at radius 2 is 1.72 bits per heavy atom. The highest BCUT2D eigenvalue weighted by Crippen LogP contribution is 2.28. The zero-order valence-corrected chi connectivity index (χ0v) is 15.1. The molecule has 1 heterocycles. The second kappa shape index (κ2) is 7.81. The van der Waals surface area contributed by atoms with Gasteiger partial charge in [-0.1, -0.05) is 24.3 Å². The quantitative estimate of drug-likeness (QED) is 0.645. The maximum Gasteiger partial charge on any atom is 0.259 e. The van der Waals surface area contributed by atoms with Gasteiger partial charge in [0.25, 0.3) is 5.91 Å². The number of rotatable bonds is 5. The monoisotopic (exact) mass is 397 g/mol. The summed E-state index contributed by atoms with van der Waals surface area (Å²) in [5, 5.41) is 6.05. The van der Waals surface area contributed by atoms with Crippen LogP contribution in [-0.2, 0) is 0 Å². The standard InChI is InChI=1S/C19H16BrN3O2/c1-25-17-11-5-4-10-16(17)23-19(24)13-7-6-12-21-18(13)22-15-9-3-2-8-14(15)20/h2-12H,1H3,(H,21,22)(H,23,24). The minimum absolute atomic E-state index is 0.271. The number of carbonyl (C=O) groups excluding carboxylic acids is 1. The maximum absolute atomic E-state index is 12.7. The minimum Gasteiger partial charge on any atom is -0.495 e. The number of nitrogens with one attached hydrogen (secondary N) is 2. The van der Waals surface area contributed by atoms with E-state index in [1.54, 1.807) is 37.6 Å². The van der Waals surface area contributed by atoms with Crippen LogP contribution in [0.25, 0.3) is 0 Å². The van der Waals surface area contributed by atoms with Crippen LogP contribution in [0.1, 0.15) is 10.4 Å². The van der Waals surface area contributed by atoms with Gasteiger partial charge in [0.2, 0.25) is 0 Å². The fraction of sp³-hybridized carbons (Fsp3) is 0.0526. The van der Waals surface area contributed by atoms with Gasteiger partial charge in [0.05, 0.1) is 24.0 Å². The molecule has 2 aromatic carbocycles. The number of pyridine rings is 1. The lowest BCUT2D eigenvalue weighted by Crippen LogP contribution is -2.15. The van der Waals surface area contributed by atoms with Crippen molar-refractivity contribution in [3.8, 4) is 5.75 Å². The summed E-state index contributed by atoms with van der Waals surface area (Å²) in [4.78, 5) is 17.0. The van der Waals surface area contributed by atoms with E-state index < -0.39 is 0 Å². The highest BCUT2D eigenvalue weighted by atomic mass is 79.9. The molecular formula is C19H16BrN3O2. The van der Waals surface area contributed by atoms with Gasteiger partial charge in [0, 0.05) is 10.7 Å². The van der Waals surface area contributed by atoms with Gasteiger partial charge in [-0.05, 0) is 52.3 Å². The van der Waals surface area contributed by atoms with E-state index in [9.17, 15) is 4.79 Å². The molecule has 2 N–H and O–H groups in total. The van der Waals surface area contributed by atoms with Crippen molar-refractivity contribution in [2.75, 3.05) is 17.7 Å². The normalized spacial score (nSPS) is 10.2. The fourth-order valence-electron chi connectivity index (χ4n) is 2.32. The van der Waals surface area contributed by atoms with E-state index in [2.05, 4.69) is 31.5 Å². The summed E-state index contributed by atoms with van der Waals surface area (Å²) in [5.74, 6) is 0.800. The Morgan fingerprint density at radius 1 is 1.00 bits per heavy atom. The van der Waals surface area contributed by atoms with Crippen molar-refractivity contribution in [3.05, 3.63) is 76.9 Å². The molecule has 25 heavy (non-hydrogen) atoms. The molecule has 0 aliphatic rings. The lowest BCUT2D eigenvalue weighted by Gasteiger charge is -2.13. The number of hydrogen-bond donors (Lipinski definition) is 2. The van der Waals surface area contributed by atoms with Gasteiger partial charge in [0.15, 0.2) is 0 Å². The van der Waals surface area contributed by atoms with Gasteiger partial charge in [0.1, 0.15) is 11.6 Å². The van der Waals surface area contributed by atoms with E-state index in [0.717, 1.165) is 10.2 Å². The van der Waals surface area contributed by atoms with Gasteiger partial charge in [-0.3, -0.25) is 4.79 Å². The van der Waals surface area contributed by atoms with Crippen molar-refractivity contribution >= 4 is 39.0 Å². The molecule has 126 valence electrons. The van der Waals surface area contributed by atoms with Gasteiger partial charge < -0.3 is 15.4 Å². The maximum atomic E-state index is 12.7. The third-order valence-electron chi connectivity index (χ3n) is 3.53. The number of methoxy groups -OCH3 is 1. The van der Waals surface area contributed by atoms with Crippen LogP contribution in [0, 0.1) is 0 Å². The first-order valence-electron chi connectivity index (χ1n) is 7.60. The molecule has 3 aromatic rings. The summed E-state index contributed by atoms with van der Waals surface area (Å²) in [6.07, 6.45) is 1.64. The van der Waals surface area contributed by atoms with Crippen molar-refractivity contribution in [2.45, 2.75) is 0 Å². The molecule has 1 amide bonds. The Bertz CT molecular complexity index is 899. The number of para-hydroxylation sites is 3. The summed E-state index contributed by atoms with van der Waals surface area (Å²) < 4.78 is 6.16. The number of ether oxygens (including phenoxy) is 1. The molecular weight excluding hydrogens is 382 g/mol. The average molecular weight is 398 g/mol. The number of nitrogens with zero attached hydrogens (tertiary/aromatic N) is 1. The molecule has 0 spiro atoms. The molecule has 0 aliphatic heterocycles. The number of amides is 1. The summed E-state index contributed by atoms with van der Waals surface area (Å²) in [7, 11) is 1.56. The molecule has 0 unspecified atom stereocenters. The molecule has 0 saturated heterocycles. The summed E-state index contributed by atoms with van der Waals surface area (Å²) >= 11 is 3.48. The summed E-state index contributed by atoms with van der Waals surface area (Å²) in [6, 6.07) is 18.3. The van der Waals surface area contributed by atoms with E-state index in [1.165, 1.54) is 0 Å². The van der Waals surface area contributed by atoms with Crippen LogP contribution in [0.4, 0.5) is 17.2 Å². The van der Waals surface area contributed by atoms with Crippen LogP contribution in [-0.4, -0.2) is 18.0 Å². The first-order chi connectivity index (χ1) is 12.2. The summed E-state index contributed by atoms with van der Waals surface area (Å²) in [5.41, 5.74) is 1.86. The highest BCUT2D eigenvalue weighted by molar-refractivity contribution is 9.10. The Morgan fingerprint density at radius 3 is 2.48 bits per heavy atom. The Kier molecular flexibility index (Phi) is 5.30. The first-order valence-corrected chi connectivity index (χ1v) is 8.39. The molecule has 6 heteroatoms. The fourth-order valence-corrected chi connectivity index (χ4v) is 2.70. The van der Waals surface area contributed by atoms with Gasteiger partial charge in [-0.15, -0.1) is 0 Å². The van der Waals surface area contributed by atoms with E-state index in [0.29, 0.717) is 22.8 Å². The molecule has 0 bridgehead atoms. The van der Waals surface area contributed by atoms with Gasteiger partial charge in [-0.2, -0.15) is 0 Å². The SMILES string of the molecule is COc1ccccc1NC(=O)c1cccnc1Nc1ccccc1Br. The zero-order valence-electron chi connectivity index (χ0n) is 13.5. The number of hydrogen-bond acceptors (Lipinski definition) is 4. The molecule has 3 rings (SSSR count). The molecule has 0 fully saturated rings. The van der Waals surface area contributed by atoms with Crippen LogP contribution < -0.4 is 15.4 Å². The van der Waals surface area contributed by atoms with E-state index in [4.69, 9.17) is 4.74 Å². The number of anilines is 3. The Labute approximate surface area is 154 Å². The third kappa shape index (κ3) is 3.97. The topological polar surface area (TPSA) is 63.2 Å². The van der Waals surface area contributed by atoms with Crippen molar-refractivity contribution < 1.29 is 9.53 Å². The van der Waals surface area contributed by atoms with E-state index >= 15 is 0 Å². The van der Waals surface area contributed by atoms with Crippen molar-refractivity contribution in [2.24, 2.45) is 0 Å². The largest absolute Gasteiger partial charge is 0.495 e. The summed E-state index contributed by atoms with van der Waals surface area (Å²) in [6.45, 7) is 0. The van der Waals surface area contributed by atoms with Crippen molar-refractivity contribution in [3.63, 3.8) is 0 Å². The van der Waals surface area contributed by atoms with E-state index in [-0.39, 0.29) is 5.91 Å². The Hall–Kier alpha value is -2.86. The number of aromatic nitrogens is 1. The number of carbonyl (C=O) groups is 1. The Balaban J connectivity index is 1.87. The number of halogens is 1. The smallest absolute Gasteiger partial charge is 0.259 e. The van der Waals surface area contributed by atoms with Crippen LogP contribution in [0.5, 0.6) is 5.75 Å². The molecule has 5 nitrogen and oxygen atoms in total. The molecule has 0 atom stereocenters. The molecule has 1 aromatic heterocycles. The predicted octanol–water partition coefficient (Wildman–Crippen LogP) is 4.85. The van der Waals surface area contributed by atoms with Crippen LogP contribution in [0.3, 0.4) is 0 Å². The lowest BCUT2D eigenvalue weighted by molar-refractivity contribution is 0.102. The molecule has 0 aliphatic carbocycles. The predicted molar refractivity (Wildman–Crippen MR) is 103 cm³/mol. The highest BCUT2D eigenvalue weighted by Gasteiger charge is 2.15. The van der Waals surface area contributed by atoms with Crippen molar-refractivity contribution in [1.29, 1.82) is 0 Å². The minimum atomic E-state index is -0.271. The van der Waals surface area contributed by atoms with Crippen LogP contribution in [0.2, 0.25) is 0 Å². The second-order valence-electron chi connectivity index (χ2n) is 5.16. The first kappa shape index (κ1) is 17.0. The third-order valence-corrected chi connectivity index (χ3v) is 4.23.